The molecule has 0 amide bonds. The molecule has 1 aromatic carbocycles. The van der Waals surface area contributed by atoms with Crippen molar-refractivity contribution in [3.05, 3.63) is 34.4 Å². The molecule has 2 aromatic rings. The number of hydrogen-bond donors (Lipinski definition) is 0. The Balaban J connectivity index is 2.89. The van der Waals surface area contributed by atoms with Crippen LogP contribution in [0.4, 0.5) is 0 Å². The maximum atomic E-state index is 10.9. The Kier molecular flexibility index (Phi) is 2.42. The van der Waals surface area contributed by atoms with Crippen molar-refractivity contribution >= 4 is 33.1 Å². The summed E-state index contributed by atoms with van der Waals surface area (Å²) in [6.07, 6.45) is 2.79. The van der Waals surface area contributed by atoms with Crippen LogP contribution < -0.4 is 0 Å². The molecule has 0 aliphatic heterocycles. The highest BCUT2D eigenvalue weighted by molar-refractivity contribution is 9.10. The Morgan fingerprint density at radius 2 is 2.29 bits per heavy atom. The van der Waals surface area contributed by atoms with Gasteiger partial charge >= 0.3 is 0 Å². The van der Waals surface area contributed by atoms with Crippen LogP contribution in [0.5, 0.6) is 0 Å². The molecule has 3 heteroatoms. The third kappa shape index (κ3) is 1.28. The summed E-state index contributed by atoms with van der Waals surface area (Å²) in [6.45, 7) is 2.94. The van der Waals surface area contributed by atoms with Gasteiger partial charge in [0.25, 0.3) is 0 Å². The van der Waals surface area contributed by atoms with Gasteiger partial charge in [0, 0.05) is 33.7 Å². The van der Waals surface area contributed by atoms with Crippen molar-refractivity contribution in [2.75, 3.05) is 0 Å². The quantitative estimate of drug-likeness (QED) is 0.752. The molecule has 1 aromatic heterocycles. The SMILES string of the molecule is CCn1cc(C=O)c2c(Br)cccc21. The molecule has 0 unspecified atom stereocenters. The van der Waals surface area contributed by atoms with E-state index >= 15 is 0 Å². The van der Waals surface area contributed by atoms with Gasteiger partial charge in [-0.3, -0.25) is 4.79 Å². The zero-order valence-corrected chi connectivity index (χ0v) is 9.41. The number of nitrogens with zero attached hydrogens (tertiary/aromatic N) is 1. The number of rotatable bonds is 2. The first-order valence-corrected chi connectivity index (χ1v) is 5.29. The van der Waals surface area contributed by atoms with Gasteiger partial charge in [0.15, 0.2) is 6.29 Å². The molecule has 0 saturated carbocycles. The molecule has 14 heavy (non-hydrogen) atoms. The molecule has 0 atom stereocenters. The molecule has 1 heterocycles. The van der Waals surface area contributed by atoms with E-state index in [1.165, 1.54) is 0 Å². The van der Waals surface area contributed by atoms with Crippen LogP contribution in [0, 0.1) is 0 Å². The number of carbonyl (C=O) groups is 1. The molecular formula is C11H10BrNO. The fraction of sp³-hybridized carbons (Fsp3) is 0.182. The molecule has 0 spiro atoms. The van der Waals surface area contributed by atoms with Crippen LogP contribution in [0.3, 0.4) is 0 Å². The van der Waals surface area contributed by atoms with Gasteiger partial charge in [0.1, 0.15) is 0 Å². The molecular weight excluding hydrogens is 242 g/mol. The lowest BCUT2D eigenvalue weighted by molar-refractivity contribution is 0.112. The van der Waals surface area contributed by atoms with Crippen molar-refractivity contribution < 1.29 is 4.79 Å². The average molecular weight is 252 g/mol. The Hall–Kier alpha value is -1.09. The van der Waals surface area contributed by atoms with Crippen LogP contribution in [0.1, 0.15) is 17.3 Å². The summed E-state index contributed by atoms with van der Waals surface area (Å²) >= 11 is 3.46. The highest BCUT2D eigenvalue weighted by Crippen LogP contribution is 2.27. The van der Waals surface area contributed by atoms with E-state index in [0.29, 0.717) is 0 Å². The summed E-state index contributed by atoms with van der Waals surface area (Å²) in [5.41, 5.74) is 1.85. The smallest absolute Gasteiger partial charge is 0.152 e. The Labute approximate surface area is 90.7 Å². The third-order valence-electron chi connectivity index (χ3n) is 2.35. The number of benzene rings is 1. The van der Waals surface area contributed by atoms with Crippen molar-refractivity contribution in [1.82, 2.24) is 4.57 Å². The van der Waals surface area contributed by atoms with Crippen LogP contribution in [0.15, 0.2) is 28.9 Å². The summed E-state index contributed by atoms with van der Waals surface area (Å²) < 4.78 is 3.05. The lowest BCUT2D eigenvalue weighted by atomic mass is 10.2. The number of aromatic nitrogens is 1. The van der Waals surface area contributed by atoms with Gasteiger partial charge in [-0.1, -0.05) is 22.0 Å². The predicted octanol–water partition coefficient (Wildman–Crippen LogP) is 3.24. The van der Waals surface area contributed by atoms with Crippen molar-refractivity contribution in [1.29, 1.82) is 0 Å². The van der Waals surface area contributed by atoms with E-state index < -0.39 is 0 Å². The van der Waals surface area contributed by atoms with Crippen molar-refractivity contribution in [3.63, 3.8) is 0 Å². The first kappa shape index (κ1) is 9.46. The van der Waals surface area contributed by atoms with Crippen LogP contribution in [-0.4, -0.2) is 10.9 Å². The molecule has 2 nitrogen and oxygen atoms in total. The summed E-state index contributed by atoms with van der Waals surface area (Å²) in [4.78, 5) is 10.9. The molecule has 72 valence electrons. The maximum Gasteiger partial charge on any atom is 0.152 e. The molecule has 2 rings (SSSR count). The zero-order chi connectivity index (χ0) is 10.1. The van der Waals surface area contributed by atoms with E-state index in [1.54, 1.807) is 0 Å². The van der Waals surface area contributed by atoms with Gasteiger partial charge in [-0.05, 0) is 19.1 Å². The van der Waals surface area contributed by atoms with Gasteiger partial charge in [-0.25, -0.2) is 0 Å². The van der Waals surface area contributed by atoms with Gasteiger partial charge < -0.3 is 4.57 Å². The van der Waals surface area contributed by atoms with E-state index in [-0.39, 0.29) is 0 Å². The predicted molar refractivity (Wildman–Crippen MR) is 60.7 cm³/mol. The van der Waals surface area contributed by atoms with E-state index in [2.05, 4.69) is 27.4 Å². The minimum atomic E-state index is 0.745. The fourth-order valence-corrected chi connectivity index (χ4v) is 2.28. The fourth-order valence-electron chi connectivity index (χ4n) is 1.69. The number of aryl methyl sites for hydroxylation is 1. The second-order valence-corrected chi connectivity index (χ2v) is 3.98. The lowest BCUT2D eigenvalue weighted by Crippen LogP contribution is -1.89. The van der Waals surface area contributed by atoms with Crippen molar-refractivity contribution in [3.8, 4) is 0 Å². The second-order valence-electron chi connectivity index (χ2n) is 3.12. The van der Waals surface area contributed by atoms with Crippen LogP contribution >= 0.6 is 15.9 Å². The van der Waals surface area contributed by atoms with Gasteiger partial charge in [0.2, 0.25) is 0 Å². The molecule has 0 aliphatic rings. The van der Waals surface area contributed by atoms with Crippen molar-refractivity contribution in [2.45, 2.75) is 13.5 Å². The van der Waals surface area contributed by atoms with Gasteiger partial charge in [-0.15, -0.1) is 0 Å². The van der Waals surface area contributed by atoms with E-state index in [0.717, 1.165) is 33.8 Å². The Morgan fingerprint density at radius 1 is 1.50 bits per heavy atom. The average Bonchev–Trinajstić information content (AvgIpc) is 2.57. The summed E-state index contributed by atoms with van der Waals surface area (Å²) in [6, 6.07) is 5.96. The highest BCUT2D eigenvalue weighted by Gasteiger charge is 2.08. The number of carbonyl (C=O) groups excluding carboxylic acids is 1. The van der Waals surface area contributed by atoms with Crippen LogP contribution in [0.2, 0.25) is 0 Å². The zero-order valence-electron chi connectivity index (χ0n) is 7.83. The minimum absolute atomic E-state index is 0.745. The molecule has 0 saturated heterocycles. The van der Waals surface area contributed by atoms with E-state index in [9.17, 15) is 4.79 Å². The summed E-state index contributed by atoms with van der Waals surface area (Å²) in [5.74, 6) is 0. The van der Waals surface area contributed by atoms with Crippen LogP contribution in [-0.2, 0) is 6.54 Å². The van der Waals surface area contributed by atoms with E-state index in [1.807, 2.05) is 24.4 Å². The topological polar surface area (TPSA) is 22.0 Å². The summed E-state index contributed by atoms with van der Waals surface area (Å²) in [7, 11) is 0. The largest absolute Gasteiger partial charge is 0.347 e. The molecule has 0 N–H and O–H groups in total. The molecule has 0 fully saturated rings. The summed E-state index contributed by atoms with van der Waals surface area (Å²) in [5, 5.41) is 1.00. The normalized spacial score (nSPS) is 10.7. The van der Waals surface area contributed by atoms with E-state index in [4.69, 9.17) is 0 Å². The first-order valence-electron chi connectivity index (χ1n) is 4.50. The number of fused-ring (bicyclic) bond motifs is 1. The molecule has 0 radical (unpaired) electrons. The van der Waals surface area contributed by atoms with Crippen LogP contribution in [0.25, 0.3) is 10.9 Å². The highest BCUT2D eigenvalue weighted by atomic mass is 79.9. The number of hydrogen-bond acceptors (Lipinski definition) is 1. The maximum absolute atomic E-state index is 10.9. The Bertz CT molecular complexity index is 487. The van der Waals surface area contributed by atoms with Crippen molar-refractivity contribution in [2.24, 2.45) is 0 Å². The second kappa shape index (κ2) is 3.58. The Morgan fingerprint density at radius 3 is 2.93 bits per heavy atom. The third-order valence-corrected chi connectivity index (χ3v) is 3.01. The number of halogens is 1. The standard InChI is InChI=1S/C11H10BrNO/c1-2-13-6-8(7-14)11-9(12)4-3-5-10(11)13/h3-7H,2H2,1H3. The molecule has 0 bridgehead atoms. The lowest BCUT2D eigenvalue weighted by Gasteiger charge is -1.99. The first-order chi connectivity index (χ1) is 6.77. The minimum Gasteiger partial charge on any atom is -0.347 e. The molecule has 0 aliphatic carbocycles. The monoisotopic (exact) mass is 251 g/mol. The van der Waals surface area contributed by atoms with Gasteiger partial charge in [0.05, 0.1) is 0 Å². The number of aldehydes is 1. The van der Waals surface area contributed by atoms with Gasteiger partial charge in [-0.2, -0.15) is 0 Å².